The molecule has 0 aliphatic heterocycles. The normalized spacial score (nSPS) is 11.9. The summed E-state index contributed by atoms with van der Waals surface area (Å²) in [5, 5.41) is 0. The largest absolute Gasteiger partial charge is 0.417 e. The monoisotopic (exact) mass is 290 g/mol. The quantitative estimate of drug-likeness (QED) is 0.645. The van der Waals surface area contributed by atoms with Gasteiger partial charge in [0.15, 0.2) is 0 Å². The Labute approximate surface area is 110 Å². The van der Waals surface area contributed by atoms with Crippen molar-refractivity contribution in [3.05, 3.63) is 59.4 Å². The molecule has 0 aliphatic carbocycles. The second-order valence-electron chi connectivity index (χ2n) is 4.08. The Hall–Kier alpha value is -1.98. The van der Waals surface area contributed by atoms with Crippen molar-refractivity contribution in [2.45, 2.75) is 12.6 Å². The van der Waals surface area contributed by atoms with E-state index in [1.807, 2.05) is 0 Å². The van der Waals surface area contributed by atoms with E-state index >= 15 is 0 Å². The first-order valence-corrected chi connectivity index (χ1v) is 5.55. The van der Waals surface area contributed by atoms with Crippen LogP contribution in [0.25, 0.3) is 11.1 Å². The van der Waals surface area contributed by atoms with Crippen LogP contribution in [0.3, 0.4) is 0 Å². The summed E-state index contributed by atoms with van der Waals surface area (Å²) in [6.45, 7) is 0. The van der Waals surface area contributed by atoms with Crippen molar-refractivity contribution in [2.24, 2.45) is 0 Å². The molecule has 0 unspecified atom stereocenters. The molecule has 0 heterocycles. The Balaban J connectivity index is 2.58. The molecule has 2 aromatic carbocycles. The van der Waals surface area contributed by atoms with Gasteiger partial charge in [0.1, 0.15) is 5.82 Å². The van der Waals surface area contributed by atoms with E-state index in [1.54, 1.807) is 0 Å². The maximum atomic E-state index is 13.8. The Kier molecular flexibility index (Phi) is 3.74. The van der Waals surface area contributed by atoms with E-state index in [0.717, 1.165) is 24.3 Å². The smallest absolute Gasteiger partial charge is 0.206 e. The zero-order chi connectivity index (χ0) is 14.9. The summed E-state index contributed by atoms with van der Waals surface area (Å²) in [6, 6.07) is 6.81. The summed E-state index contributed by atoms with van der Waals surface area (Å²) in [4.78, 5) is 0. The summed E-state index contributed by atoms with van der Waals surface area (Å²) in [7, 11) is 0. The minimum absolute atomic E-state index is 0.359. The van der Waals surface area contributed by atoms with Crippen LogP contribution in [0.4, 0.5) is 26.3 Å². The molecule has 0 N–H and O–H groups in total. The van der Waals surface area contributed by atoms with Crippen LogP contribution in [0, 0.1) is 5.82 Å². The van der Waals surface area contributed by atoms with E-state index in [-0.39, 0.29) is 11.1 Å². The second kappa shape index (κ2) is 5.19. The van der Waals surface area contributed by atoms with Crippen LogP contribution in [-0.4, -0.2) is 0 Å². The highest BCUT2D eigenvalue weighted by molar-refractivity contribution is 5.69. The van der Waals surface area contributed by atoms with E-state index in [4.69, 9.17) is 0 Å². The zero-order valence-electron chi connectivity index (χ0n) is 9.89. The molecule has 2 aromatic rings. The van der Waals surface area contributed by atoms with Crippen molar-refractivity contribution in [2.75, 3.05) is 0 Å². The molecule has 0 fully saturated rings. The topological polar surface area (TPSA) is 0 Å². The first-order chi connectivity index (χ1) is 9.30. The molecule has 0 radical (unpaired) electrons. The summed E-state index contributed by atoms with van der Waals surface area (Å²) in [5.41, 5.74) is -2.32. The maximum absolute atomic E-state index is 13.8. The highest BCUT2D eigenvalue weighted by atomic mass is 19.4. The lowest BCUT2D eigenvalue weighted by atomic mass is 9.98. The average molecular weight is 290 g/mol. The van der Waals surface area contributed by atoms with E-state index < -0.39 is 29.5 Å². The SMILES string of the molecule is Fc1cc(C(F)F)ccc1-c1ccccc1C(F)(F)F. The van der Waals surface area contributed by atoms with Crippen LogP contribution >= 0.6 is 0 Å². The molecule has 20 heavy (non-hydrogen) atoms. The number of alkyl halides is 5. The van der Waals surface area contributed by atoms with Gasteiger partial charge >= 0.3 is 6.18 Å². The molecule has 106 valence electrons. The first-order valence-electron chi connectivity index (χ1n) is 5.55. The van der Waals surface area contributed by atoms with Gasteiger partial charge in [-0.15, -0.1) is 0 Å². The molecule has 0 atom stereocenters. The average Bonchev–Trinajstić information content (AvgIpc) is 2.37. The van der Waals surface area contributed by atoms with Crippen molar-refractivity contribution in [1.82, 2.24) is 0 Å². The van der Waals surface area contributed by atoms with Gasteiger partial charge in [0, 0.05) is 11.1 Å². The van der Waals surface area contributed by atoms with Crippen molar-refractivity contribution in [3.63, 3.8) is 0 Å². The molecular weight excluding hydrogens is 282 g/mol. The molecule has 0 nitrogen and oxygen atoms in total. The van der Waals surface area contributed by atoms with Crippen molar-refractivity contribution >= 4 is 0 Å². The third-order valence-electron chi connectivity index (χ3n) is 2.77. The van der Waals surface area contributed by atoms with Crippen LogP contribution < -0.4 is 0 Å². The lowest BCUT2D eigenvalue weighted by Crippen LogP contribution is -2.07. The Morgan fingerprint density at radius 2 is 1.50 bits per heavy atom. The van der Waals surface area contributed by atoms with E-state index in [9.17, 15) is 26.3 Å². The highest BCUT2D eigenvalue weighted by Crippen LogP contribution is 2.38. The molecule has 0 amide bonds. The molecule has 0 spiro atoms. The van der Waals surface area contributed by atoms with Gasteiger partial charge in [0.2, 0.25) is 0 Å². The first kappa shape index (κ1) is 14.4. The van der Waals surface area contributed by atoms with Gasteiger partial charge in [-0.2, -0.15) is 13.2 Å². The zero-order valence-corrected chi connectivity index (χ0v) is 9.89. The molecule has 2 rings (SSSR count). The number of halogens is 6. The van der Waals surface area contributed by atoms with Crippen LogP contribution in [-0.2, 0) is 6.18 Å². The molecule has 0 aromatic heterocycles. The molecular formula is C14H8F6. The van der Waals surface area contributed by atoms with Gasteiger partial charge < -0.3 is 0 Å². The minimum Gasteiger partial charge on any atom is -0.206 e. The molecule has 0 bridgehead atoms. The number of rotatable bonds is 2. The van der Waals surface area contributed by atoms with E-state index in [1.165, 1.54) is 12.1 Å². The third kappa shape index (κ3) is 2.79. The third-order valence-corrected chi connectivity index (χ3v) is 2.77. The van der Waals surface area contributed by atoms with Crippen LogP contribution in [0.5, 0.6) is 0 Å². The highest BCUT2D eigenvalue weighted by Gasteiger charge is 2.33. The van der Waals surface area contributed by atoms with E-state index in [0.29, 0.717) is 6.07 Å². The molecule has 6 heteroatoms. The summed E-state index contributed by atoms with van der Waals surface area (Å²) < 4.78 is 77.1. The summed E-state index contributed by atoms with van der Waals surface area (Å²) in [5.74, 6) is -1.11. The standard InChI is InChI=1S/C14H8F6/c15-12-7-8(13(16)17)5-6-10(12)9-3-1-2-4-11(9)14(18,19)20/h1-7,13H. The Morgan fingerprint density at radius 3 is 2.05 bits per heavy atom. The van der Waals surface area contributed by atoms with Gasteiger partial charge in [0.25, 0.3) is 6.43 Å². The van der Waals surface area contributed by atoms with Crippen molar-refractivity contribution in [3.8, 4) is 11.1 Å². The fourth-order valence-electron chi connectivity index (χ4n) is 1.85. The molecule has 0 aliphatic rings. The molecule has 0 saturated heterocycles. The van der Waals surface area contributed by atoms with Gasteiger partial charge in [0.05, 0.1) is 5.56 Å². The fourth-order valence-corrected chi connectivity index (χ4v) is 1.85. The van der Waals surface area contributed by atoms with Crippen LogP contribution in [0.2, 0.25) is 0 Å². The van der Waals surface area contributed by atoms with Crippen LogP contribution in [0.15, 0.2) is 42.5 Å². The lowest BCUT2D eigenvalue weighted by Gasteiger charge is -2.13. The van der Waals surface area contributed by atoms with Gasteiger partial charge in [-0.3, -0.25) is 0 Å². The van der Waals surface area contributed by atoms with Crippen molar-refractivity contribution < 1.29 is 26.3 Å². The van der Waals surface area contributed by atoms with Gasteiger partial charge in [-0.05, 0) is 17.7 Å². The second-order valence-corrected chi connectivity index (χ2v) is 4.08. The summed E-state index contributed by atoms with van der Waals surface area (Å²) >= 11 is 0. The number of hydrogen-bond donors (Lipinski definition) is 0. The lowest BCUT2D eigenvalue weighted by molar-refractivity contribution is -0.137. The Morgan fingerprint density at radius 1 is 0.850 bits per heavy atom. The molecule has 0 saturated carbocycles. The number of benzene rings is 2. The predicted molar refractivity (Wildman–Crippen MR) is 61.8 cm³/mol. The van der Waals surface area contributed by atoms with Gasteiger partial charge in [-0.25, -0.2) is 13.2 Å². The van der Waals surface area contributed by atoms with Gasteiger partial charge in [-0.1, -0.05) is 30.3 Å². The van der Waals surface area contributed by atoms with Crippen LogP contribution in [0.1, 0.15) is 17.6 Å². The van der Waals surface area contributed by atoms with E-state index in [2.05, 4.69) is 0 Å². The number of hydrogen-bond acceptors (Lipinski definition) is 0. The minimum atomic E-state index is -4.65. The summed E-state index contributed by atoms with van der Waals surface area (Å²) in [6.07, 6.45) is -7.53. The fraction of sp³-hybridized carbons (Fsp3) is 0.143. The predicted octanol–water partition coefficient (Wildman–Crippen LogP) is 5.45. The van der Waals surface area contributed by atoms with Crippen molar-refractivity contribution in [1.29, 1.82) is 0 Å². The maximum Gasteiger partial charge on any atom is 0.417 e. The Bertz CT molecular complexity index is 615.